The number of allylic oxidation sites excluding steroid dienone is 4. The van der Waals surface area contributed by atoms with Crippen LogP contribution in [0, 0.1) is 46.8 Å². The van der Waals surface area contributed by atoms with Gasteiger partial charge in [0.25, 0.3) is 0 Å². The van der Waals surface area contributed by atoms with Gasteiger partial charge in [-0.2, -0.15) is 0 Å². The Hall–Kier alpha value is -0.850. The molecule has 0 saturated heterocycles. The molecular formula is C22H30O. The van der Waals surface area contributed by atoms with Gasteiger partial charge in [-0.15, -0.1) is 0 Å². The predicted molar refractivity (Wildman–Crippen MR) is 92.8 cm³/mol. The Morgan fingerprint density at radius 2 is 1.74 bits per heavy atom. The molecule has 0 aliphatic heterocycles. The Labute approximate surface area is 140 Å². The third kappa shape index (κ3) is 1.67. The van der Waals surface area contributed by atoms with Crippen LogP contribution in [0.25, 0.3) is 0 Å². The molecule has 0 heterocycles. The minimum atomic E-state index is 0.354. The maximum absolute atomic E-state index is 13.3. The fourth-order valence-corrected chi connectivity index (χ4v) is 7.23. The fourth-order valence-electron chi connectivity index (χ4n) is 7.23. The lowest BCUT2D eigenvalue weighted by atomic mass is 9.42. The van der Waals surface area contributed by atoms with Gasteiger partial charge in [-0.05, 0) is 81.0 Å². The summed E-state index contributed by atoms with van der Waals surface area (Å²) in [5, 5.41) is 0. The lowest BCUT2D eigenvalue weighted by Crippen LogP contribution is -2.55. The zero-order chi connectivity index (χ0) is 16.1. The minimum absolute atomic E-state index is 0.354. The highest BCUT2D eigenvalue weighted by Gasteiger charge is 2.62. The number of carbonyl (C=O) groups excluding carboxylic acids is 1. The van der Waals surface area contributed by atoms with Crippen molar-refractivity contribution in [1.29, 1.82) is 0 Å². The zero-order valence-electron chi connectivity index (χ0n) is 15.1. The van der Waals surface area contributed by atoms with Gasteiger partial charge in [-0.1, -0.05) is 36.6 Å². The van der Waals surface area contributed by atoms with Crippen molar-refractivity contribution in [2.75, 3.05) is 0 Å². The van der Waals surface area contributed by atoms with E-state index < -0.39 is 0 Å². The lowest BCUT2D eigenvalue weighted by Gasteiger charge is -2.62. The van der Waals surface area contributed by atoms with Crippen LogP contribution >= 0.6 is 0 Å². The van der Waals surface area contributed by atoms with E-state index in [9.17, 15) is 4.79 Å². The second kappa shape index (κ2) is 4.41. The van der Waals surface area contributed by atoms with Crippen molar-refractivity contribution in [2.45, 2.75) is 59.8 Å². The maximum Gasteiger partial charge on any atom is 0.140 e. The molecule has 6 rings (SSSR count). The summed E-state index contributed by atoms with van der Waals surface area (Å²) in [5.74, 6) is 4.96. The number of hydrogen-bond donors (Lipinski definition) is 0. The van der Waals surface area contributed by atoms with Crippen LogP contribution in [0.15, 0.2) is 22.8 Å². The van der Waals surface area contributed by atoms with Crippen molar-refractivity contribution in [3.63, 3.8) is 0 Å². The molecule has 0 spiro atoms. The van der Waals surface area contributed by atoms with Gasteiger partial charge < -0.3 is 0 Å². The van der Waals surface area contributed by atoms with Gasteiger partial charge in [-0.25, -0.2) is 0 Å². The molecule has 6 aliphatic rings. The van der Waals surface area contributed by atoms with Crippen molar-refractivity contribution < 1.29 is 4.79 Å². The van der Waals surface area contributed by atoms with Crippen molar-refractivity contribution >= 4 is 5.78 Å². The quantitative estimate of drug-likeness (QED) is 0.564. The summed E-state index contributed by atoms with van der Waals surface area (Å²) in [4.78, 5) is 13.3. The Morgan fingerprint density at radius 1 is 1.00 bits per heavy atom. The fraction of sp³-hybridized carbons (Fsp3) is 0.773. The zero-order valence-corrected chi connectivity index (χ0v) is 15.1. The van der Waals surface area contributed by atoms with Gasteiger partial charge in [0.05, 0.1) is 0 Å². The highest BCUT2D eigenvalue weighted by Crippen LogP contribution is 2.68. The standard InChI is InChI=1S/C22H30O/c1-11-7-16-15-6-5-14-17(9-13-10-19(14)22(13,3)4)20(15)21(23)18(16)8-12(11)2/h5,13,15-20H,6-10H2,1-4H3/t13-,15-,16-,17-,18-,19-,20+/m0/s1. The summed E-state index contributed by atoms with van der Waals surface area (Å²) >= 11 is 0. The highest BCUT2D eigenvalue weighted by atomic mass is 16.1. The molecule has 0 radical (unpaired) electrons. The van der Waals surface area contributed by atoms with Crippen LogP contribution in [-0.4, -0.2) is 5.78 Å². The minimum Gasteiger partial charge on any atom is -0.299 e. The molecule has 1 heteroatoms. The molecule has 0 aromatic rings. The number of ketones is 1. The second-order valence-electron chi connectivity index (χ2n) is 9.92. The maximum atomic E-state index is 13.3. The Balaban J connectivity index is 1.50. The third-order valence-electron chi connectivity index (χ3n) is 8.92. The van der Waals surface area contributed by atoms with Gasteiger partial charge in [-0.3, -0.25) is 4.79 Å². The van der Waals surface area contributed by atoms with Crippen molar-refractivity contribution in [2.24, 2.45) is 46.8 Å². The molecule has 0 aromatic heterocycles. The molecule has 0 N–H and O–H groups in total. The summed E-state index contributed by atoms with van der Waals surface area (Å²) < 4.78 is 0. The van der Waals surface area contributed by atoms with Crippen LogP contribution in [0.3, 0.4) is 0 Å². The normalized spacial score (nSPS) is 49.8. The van der Waals surface area contributed by atoms with Crippen LogP contribution in [0.4, 0.5) is 0 Å². The van der Waals surface area contributed by atoms with Gasteiger partial charge >= 0.3 is 0 Å². The van der Waals surface area contributed by atoms with E-state index in [2.05, 4.69) is 33.8 Å². The summed E-state index contributed by atoms with van der Waals surface area (Å²) in [6.07, 6.45) is 8.73. The lowest BCUT2D eigenvalue weighted by molar-refractivity contribution is -0.129. The van der Waals surface area contributed by atoms with Crippen LogP contribution in [-0.2, 0) is 4.79 Å². The molecule has 1 nitrogen and oxygen atoms in total. The molecule has 0 aromatic carbocycles. The van der Waals surface area contributed by atoms with E-state index in [0.29, 0.717) is 40.8 Å². The first-order valence-electron chi connectivity index (χ1n) is 9.78. The monoisotopic (exact) mass is 310 g/mol. The molecule has 4 saturated carbocycles. The molecule has 7 atom stereocenters. The second-order valence-corrected chi connectivity index (χ2v) is 9.92. The highest BCUT2D eigenvalue weighted by molar-refractivity contribution is 5.88. The van der Waals surface area contributed by atoms with Crippen LogP contribution < -0.4 is 0 Å². The van der Waals surface area contributed by atoms with Crippen LogP contribution in [0.2, 0.25) is 0 Å². The average Bonchev–Trinajstić information content (AvgIpc) is 2.80. The summed E-state index contributed by atoms with van der Waals surface area (Å²) in [5.41, 5.74) is 5.27. The SMILES string of the molecule is CC1=C(C)C[C@@H]2C(=O)[C@@H]3[C@@H](CC=C4[C@@H]3C[C@H]3C[C@@H]4C3(C)C)[C@@H]2C1. The summed E-state index contributed by atoms with van der Waals surface area (Å²) in [6, 6.07) is 0. The molecule has 2 bridgehead atoms. The average molecular weight is 310 g/mol. The smallest absolute Gasteiger partial charge is 0.140 e. The Bertz CT molecular complexity index is 649. The van der Waals surface area contributed by atoms with E-state index in [1.165, 1.54) is 31.3 Å². The largest absolute Gasteiger partial charge is 0.299 e. The van der Waals surface area contributed by atoms with Crippen molar-refractivity contribution in [3.05, 3.63) is 22.8 Å². The van der Waals surface area contributed by atoms with Crippen molar-refractivity contribution in [1.82, 2.24) is 0 Å². The number of carbonyl (C=O) groups is 1. The number of Topliss-reactive ketones (excluding diaryl/α,β-unsaturated/α-hetero) is 1. The molecule has 23 heavy (non-hydrogen) atoms. The first-order valence-corrected chi connectivity index (χ1v) is 9.78. The van der Waals surface area contributed by atoms with Crippen LogP contribution in [0.5, 0.6) is 0 Å². The van der Waals surface area contributed by atoms with Gasteiger partial charge in [0.1, 0.15) is 5.78 Å². The Morgan fingerprint density at radius 3 is 2.48 bits per heavy atom. The van der Waals surface area contributed by atoms with Gasteiger partial charge in [0.2, 0.25) is 0 Å². The Kier molecular flexibility index (Phi) is 2.78. The topological polar surface area (TPSA) is 17.1 Å². The van der Waals surface area contributed by atoms with Gasteiger partial charge in [0.15, 0.2) is 0 Å². The predicted octanol–water partition coefficient (Wildman–Crippen LogP) is 5.18. The third-order valence-corrected chi connectivity index (χ3v) is 8.92. The molecule has 124 valence electrons. The summed E-state index contributed by atoms with van der Waals surface area (Å²) in [7, 11) is 0. The van der Waals surface area contributed by atoms with E-state index in [0.717, 1.165) is 18.3 Å². The number of rotatable bonds is 0. The van der Waals surface area contributed by atoms with E-state index in [4.69, 9.17) is 0 Å². The molecule has 4 fully saturated rings. The molecular weight excluding hydrogens is 280 g/mol. The molecule has 0 amide bonds. The van der Waals surface area contributed by atoms with E-state index in [1.54, 1.807) is 11.1 Å². The first kappa shape index (κ1) is 14.5. The van der Waals surface area contributed by atoms with E-state index in [1.807, 2.05) is 0 Å². The molecule has 0 unspecified atom stereocenters. The first-order chi connectivity index (χ1) is 10.9. The summed E-state index contributed by atoms with van der Waals surface area (Å²) in [6.45, 7) is 9.47. The van der Waals surface area contributed by atoms with E-state index in [-0.39, 0.29) is 0 Å². The number of hydrogen-bond acceptors (Lipinski definition) is 1. The van der Waals surface area contributed by atoms with Crippen molar-refractivity contribution in [3.8, 4) is 0 Å². The van der Waals surface area contributed by atoms with E-state index >= 15 is 0 Å². The number of fused-ring (bicyclic) bond motifs is 3. The van der Waals surface area contributed by atoms with Crippen LogP contribution in [0.1, 0.15) is 59.8 Å². The molecule has 6 aliphatic carbocycles. The van der Waals surface area contributed by atoms with Gasteiger partial charge in [0, 0.05) is 11.8 Å².